The first-order chi connectivity index (χ1) is 14.0. The van der Waals surface area contributed by atoms with E-state index in [1.807, 2.05) is 49.4 Å². The van der Waals surface area contributed by atoms with E-state index >= 15 is 0 Å². The maximum atomic E-state index is 12.1. The van der Waals surface area contributed by atoms with Crippen LogP contribution in [-0.4, -0.2) is 38.2 Å². The Balaban J connectivity index is 2.41. The molecule has 5 nitrogen and oxygen atoms in total. The molecule has 0 unspecified atom stereocenters. The molecular formula is C24H31NO4. The molecule has 0 aliphatic heterocycles. The summed E-state index contributed by atoms with van der Waals surface area (Å²) < 4.78 is 15.8. The molecule has 2 atom stereocenters. The van der Waals surface area contributed by atoms with Crippen molar-refractivity contribution in [2.75, 3.05) is 21.3 Å². The average Bonchev–Trinajstić information content (AvgIpc) is 2.77. The van der Waals surface area contributed by atoms with Gasteiger partial charge in [0.25, 0.3) is 0 Å². The molecule has 0 N–H and O–H groups in total. The predicted molar refractivity (Wildman–Crippen MR) is 115 cm³/mol. The van der Waals surface area contributed by atoms with Crippen molar-refractivity contribution in [3.63, 3.8) is 0 Å². The molecule has 0 spiro atoms. The molecule has 0 amide bonds. The first kappa shape index (κ1) is 22.5. The van der Waals surface area contributed by atoms with Crippen molar-refractivity contribution in [1.29, 1.82) is 0 Å². The summed E-state index contributed by atoms with van der Waals surface area (Å²) in [5.74, 6) is 1.15. The third-order valence-corrected chi connectivity index (χ3v) is 5.04. The summed E-state index contributed by atoms with van der Waals surface area (Å²) in [7, 11) is 4.68. The van der Waals surface area contributed by atoms with Gasteiger partial charge in [-0.25, -0.2) is 0 Å². The number of hydrogen-bond donors (Lipinski definition) is 0. The number of hydrogen-bond acceptors (Lipinski definition) is 5. The number of ether oxygens (including phenoxy) is 3. The number of esters is 1. The summed E-state index contributed by atoms with van der Waals surface area (Å²) in [6.45, 7) is 4.76. The van der Waals surface area contributed by atoms with Crippen LogP contribution in [0, 0.1) is 0 Å². The fraction of sp³-hybridized carbons (Fsp3) is 0.375. The van der Waals surface area contributed by atoms with Gasteiger partial charge in [0.05, 0.1) is 27.8 Å². The highest BCUT2D eigenvalue weighted by Gasteiger charge is 2.26. The number of rotatable bonds is 10. The molecular weight excluding hydrogens is 366 g/mol. The zero-order valence-corrected chi connectivity index (χ0v) is 17.9. The lowest BCUT2D eigenvalue weighted by Gasteiger charge is -2.35. The Morgan fingerprint density at radius 1 is 1.03 bits per heavy atom. The van der Waals surface area contributed by atoms with Crippen molar-refractivity contribution in [2.45, 2.75) is 38.9 Å². The van der Waals surface area contributed by atoms with Crippen molar-refractivity contribution >= 4 is 5.97 Å². The minimum atomic E-state index is -0.231. The summed E-state index contributed by atoms with van der Waals surface area (Å²) in [5, 5.41) is 0. The van der Waals surface area contributed by atoms with E-state index in [0.29, 0.717) is 18.0 Å². The van der Waals surface area contributed by atoms with Gasteiger partial charge in [0.15, 0.2) is 11.5 Å². The van der Waals surface area contributed by atoms with Gasteiger partial charge in [-0.1, -0.05) is 48.6 Å². The molecule has 2 aromatic rings. The first-order valence-corrected chi connectivity index (χ1v) is 9.75. The first-order valence-electron chi connectivity index (χ1n) is 9.75. The third kappa shape index (κ3) is 6.09. The van der Waals surface area contributed by atoms with Crippen LogP contribution in [0.3, 0.4) is 0 Å². The molecule has 0 aliphatic rings. The molecule has 2 aromatic carbocycles. The van der Waals surface area contributed by atoms with Crippen LogP contribution in [0.5, 0.6) is 11.5 Å². The van der Waals surface area contributed by atoms with E-state index in [4.69, 9.17) is 14.2 Å². The van der Waals surface area contributed by atoms with E-state index in [-0.39, 0.29) is 24.5 Å². The molecule has 0 saturated heterocycles. The fourth-order valence-electron chi connectivity index (χ4n) is 3.43. The van der Waals surface area contributed by atoms with Crippen LogP contribution in [0.25, 0.3) is 0 Å². The normalized spacial score (nSPS) is 13.3. The summed E-state index contributed by atoms with van der Waals surface area (Å²) in [5.41, 5.74) is 2.26. The molecule has 0 aromatic heterocycles. The number of nitrogens with zero attached hydrogens (tertiary/aromatic N) is 1. The van der Waals surface area contributed by atoms with E-state index in [0.717, 1.165) is 5.56 Å². The standard InChI is InChI=1S/C24H31NO4/c1-6-10-21(16-24(26)29-5)25(18(2)20-11-8-7-9-12-20)17-19-13-14-22(27-3)23(15-19)28-4/h6-15,18,21H,16-17H2,1-5H3/b10-6+/t18-,21-/m1/s1. The second-order valence-electron chi connectivity index (χ2n) is 6.82. The van der Waals surface area contributed by atoms with Gasteiger partial charge in [-0.2, -0.15) is 0 Å². The van der Waals surface area contributed by atoms with Crippen LogP contribution in [0.4, 0.5) is 0 Å². The van der Waals surface area contributed by atoms with Gasteiger partial charge in [0.2, 0.25) is 0 Å². The Hall–Kier alpha value is -2.79. The van der Waals surface area contributed by atoms with Gasteiger partial charge in [-0.3, -0.25) is 9.69 Å². The molecule has 2 rings (SSSR count). The highest BCUT2D eigenvalue weighted by Crippen LogP contribution is 2.31. The van der Waals surface area contributed by atoms with Crippen molar-refractivity contribution in [3.05, 3.63) is 71.8 Å². The molecule has 0 bridgehead atoms. The predicted octanol–water partition coefficient (Wildman–Crippen LogP) is 4.77. The van der Waals surface area contributed by atoms with Crippen molar-refractivity contribution in [1.82, 2.24) is 4.90 Å². The second-order valence-corrected chi connectivity index (χ2v) is 6.82. The summed E-state index contributed by atoms with van der Waals surface area (Å²) in [4.78, 5) is 14.4. The Morgan fingerprint density at radius 2 is 1.72 bits per heavy atom. The lowest BCUT2D eigenvalue weighted by Crippen LogP contribution is -2.37. The van der Waals surface area contributed by atoms with Gasteiger partial charge in [-0.05, 0) is 37.1 Å². The van der Waals surface area contributed by atoms with Crippen LogP contribution < -0.4 is 9.47 Å². The largest absolute Gasteiger partial charge is 0.493 e. The smallest absolute Gasteiger partial charge is 0.307 e. The highest BCUT2D eigenvalue weighted by molar-refractivity contribution is 5.70. The van der Waals surface area contributed by atoms with Gasteiger partial charge in [0.1, 0.15) is 0 Å². The quantitative estimate of drug-likeness (QED) is 0.427. The number of allylic oxidation sites excluding steroid dienone is 1. The zero-order valence-electron chi connectivity index (χ0n) is 17.9. The van der Waals surface area contributed by atoms with Crippen molar-refractivity contribution < 1.29 is 19.0 Å². The van der Waals surface area contributed by atoms with Gasteiger partial charge < -0.3 is 14.2 Å². The Bertz CT molecular complexity index is 804. The minimum absolute atomic E-state index is 0.0927. The molecule has 0 heterocycles. The van der Waals surface area contributed by atoms with Gasteiger partial charge in [-0.15, -0.1) is 0 Å². The molecule has 0 radical (unpaired) electrons. The molecule has 0 saturated carbocycles. The Kier molecular flexibility index (Phi) is 8.74. The fourth-order valence-corrected chi connectivity index (χ4v) is 3.43. The van der Waals surface area contributed by atoms with Crippen LogP contribution >= 0.6 is 0 Å². The summed E-state index contributed by atoms with van der Waals surface area (Å²) >= 11 is 0. The van der Waals surface area contributed by atoms with Crippen molar-refractivity contribution in [2.24, 2.45) is 0 Å². The number of carbonyl (C=O) groups is 1. The lowest BCUT2D eigenvalue weighted by atomic mass is 10.0. The zero-order chi connectivity index (χ0) is 21.2. The van der Waals surface area contributed by atoms with Crippen LogP contribution in [0.1, 0.15) is 37.4 Å². The van der Waals surface area contributed by atoms with E-state index in [2.05, 4.69) is 30.0 Å². The van der Waals surface area contributed by atoms with Crippen LogP contribution in [-0.2, 0) is 16.1 Å². The van der Waals surface area contributed by atoms with E-state index in [1.54, 1.807) is 14.2 Å². The van der Waals surface area contributed by atoms with Crippen LogP contribution in [0.2, 0.25) is 0 Å². The summed E-state index contributed by atoms with van der Waals surface area (Å²) in [6.07, 6.45) is 4.31. The van der Waals surface area contributed by atoms with E-state index in [9.17, 15) is 4.79 Å². The van der Waals surface area contributed by atoms with E-state index in [1.165, 1.54) is 12.7 Å². The SMILES string of the molecule is C/C=C/[C@H](CC(=O)OC)N(Cc1ccc(OC)c(OC)c1)[C@H](C)c1ccccc1. The minimum Gasteiger partial charge on any atom is -0.493 e. The van der Waals surface area contributed by atoms with Crippen molar-refractivity contribution in [3.8, 4) is 11.5 Å². The van der Waals surface area contributed by atoms with Gasteiger partial charge in [0, 0.05) is 18.6 Å². The maximum Gasteiger partial charge on any atom is 0.307 e. The molecule has 5 heteroatoms. The highest BCUT2D eigenvalue weighted by atomic mass is 16.5. The maximum absolute atomic E-state index is 12.1. The van der Waals surface area contributed by atoms with E-state index < -0.39 is 0 Å². The third-order valence-electron chi connectivity index (χ3n) is 5.04. The average molecular weight is 398 g/mol. The van der Waals surface area contributed by atoms with Crippen LogP contribution in [0.15, 0.2) is 60.7 Å². The monoisotopic (exact) mass is 397 g/mol. The molecule has 0 fully saturated rings. The molecule has 29 heavy (non-hydrogen) atoms. The second kappa shape index (κ2) is 11.3. The Labute approximate surface area is 173 Å². The summed E-state index contributed by atoms with van der Waals surface area (Å²) in [6, 6.07) is 16.2. The topological polar surface area (TPSA) is 48.0 Å². The number of benzene rings is 2. The molecule has 156 valence electrons. The molecule has 0 aliphatic carbocycles. The number of carbonyl (C=O) groups excluding carboxylic acids is 1. The lowest BCUT2D eigenvalue weighted by molar-refractivity contribution is -0.141. The van der Waals surface area contributed by atoms with Gasteiger partial charge >= 0.3 is 5.97 Å². The Morgan fingerprint density at radius 3 is 2.31 bits per heavy atom. The number of methoxy groups -OCH3 is 3.